The largest absolute Gasteiger partial charge is 0.342 e. The van der Waals surface area contributed by atoms with Crippen LogP contribution in [0.4, 0.5) is 0 Å². The van der Waals surface area contributed by atoms with Gasteiger partial charge in [-0.3, -0.25) is 9.78 Å². The van der Waals surface area contributed by atoms with Crippen LogP contribution in [0.1, 0.15) is 30.7 Å². The minimum atomic E-state index is 0.161. The molecule has 7 nitrogen and oxygen atoms in total. The number of thiazole rings is 1. The molecule has 5 rings (SSSR count). The van der Waals surface area contributed by atoms with E-state index in [4.69, 9.17) is 4.98 Å². The number of thioether (sulfide) groups is 1. The zero-order valence-electron chi connectivity index (χ0n) is 17.8. The highest BCUT2D eigenvalue weighted by atomic mass is 32.2. The molecular formula is C23H24N6OS2. The number of likely N-dealkylation sites (tertiary alicyclic amines) is 1. The van der Waals surface area contributed by atoms with Gasteiger partial charge in [0.05, 0.1) is 21.0 Å². The van der Waals surface area contributed by atoms with Crippen LogP contribution in [-0.2, 0) is 11.3 Å². The first kappa shape index (κ1) is 21.1. The molecule has 32 heavy (non-hydrogen) atoms. The van der Waals surface area contributed by atoms with Crippen molar-refractivity contribution in [2.75, 3.05) is 18.8 Å². The summed E-state index contributed by atoms with van der Waals surface area (Å²) in [5.74, 6) is 1.78. The maximum absolute atomic E-state index is 12.9. The molecule has 0 spiro atoms. The lowest BCUT2D eigenvalue weighted by Gasteiger charge is -2.31. The first-order chi connectivity index (χ1) is 15.7. The lowest BCUT2D eigenvalue weighted by molar-refractivity contribution is -0.129. The van der Waals surface area contributed by atoms with Crippen LogP contribution >= 0.6 is 23.1 Å². The van der Waals surface area contributed by atoms with Gasteiger partial charge in [0.15, 0.2) is 11.0 Å². The number of piperidine rings is 1. The van der Waals surface area contributed by atoms with Crippen LogP contribution in [0.5, 0.6) is 0 Å². The van der Waals surface area contributed by atoms with Gasteiger partial charge in [0.2, 0.25) is 5.91 Å². The van der Waals surface area contributed by atoms with Crippen LogP contribution in [0.3, 0.4) is 0 Å². The number of pyridine rings is 1. The van der Waals surface area contributed by atoms with Crippen LogP contribution in [0.15, 0.2) is 53.9 Å². The zero-order chi connectivity index (χ0) is 21.9. The second-order valence-corrected chi connectivity index (χ2v) is 9.75. The van der Waals surface area contributed by atoms with Crippen molar-refractivity contribution in [1.29, 1.82) is 0 Å². The number of nitrogens with zero attached hydrogens (tertiary/aromatic N) is 6. The second-order valence-electron chi connectivity index (χ2n) is 7.75. The van der Waals surface area contributed by atoms with Crippen LogP contribution in [0.25, 0.3) is 21.6 Å². The van der Waals surface area contributed by atoms with Crippen molar-refractivity contribution in [3.8, 4) is 11.4 Å². The molecule has 1 aliphatic rings. The van der Waals surface area contributed by atoms with Crippen molar-refractivity contribution >= 4 is 39.2 Å². The molecule has 1 aliphatic heterocycles. The highest BCUT2D eigenvalue weighted by molar-refractivity contribution is 7.99. The summed E-state index contributed by atoms with van der Waals surface area (Å²) < 4.78 is 3.29. The van der Waals surface area contributed by atoms with Gasteiger partial charge in [-0.1, -0.05) is 23.9 Å². The Balaban J connectivity index is 1.18. The van der Waals surface area contributed by atoms with E-state index < -0.39 is 0 Å². The number of para-hydroxylation sites is 1. The topological polar surface area (TPSA) is 76.8 Å². The summed E-state index contributed by atoms with van der Waals surface area (Å²) in [4.78, 5) is 23.7. The van der Waals surface area contributed by atoms with Gasteiger partial charge in [0, 0.05) is 43.5 Å². The Morgan fingerprint density at radius 3 is 2.66 bits per heavy atom. The van der Waals surface area contributed by atoms with Crippen molar-refractivity contribution in [2.24, 2.45) is 0 Å². The summed E-state index contributed by atoms with van der Waals surface area (Å²) in [6.07, 6.45) is 5.43. The Morgan fingerprint density at radius 2 is 1.91 bits per heavy atom. The van der Waals surface area contributed by atoms with E-state index >= 15 is 0 Å². The fourth-order valence-corrected chi connectivity index (χ4v) is 6.09. The van der Waals surface area contributed by atoms with Gasteiger partial charge in [0.25, 0.3) is 0 Å². The number of carbonyl (C=O) groups excluding carboxylic acids is 1. The average Bonchev–Trinajstić information content (AvgIpc) is 3.47. The molecule has 0 saturated carbocycles. The van der Waals surface area contributed by atoms with E-state index in [0.717, 1.165) is 54.5 Å². The predicted molar refractivity (Wildman–Crippen MR) is 128 cm³/mol. The summed E-state index contributed by atoms with van der Waals surface area (Å²) in [5.41, 5.74) is 2.05. The van der Waals surface area contributed by atoms with E-state index in [2.05, 4.69) is 40.3 Å². The first-order valence-electron chi connectivity index (χ1n) is 10.8. The van der Waals surface area contributed by atoms with Crippen molar-refractivity contribution < 1.29 is 4.79 Å². The summed E-state index contributed by atoms with van der Waals surface area (Å²) in [7, 11) is 0. The molecule has 0 radical (unpaired) electrons. The standard InChI is InChI=1S/C23H24N6OS2/c1-2-29-21(16-7-11-24-12-8-16)26-27-23(29)31-15-20(30)28-13-9-17(10-14-28)22-25-18-5-3-4-6-19(18)32-22/h3-8,11-12,17H,2,9-10,13-15H2,1H3. The molecule has 3 aromatic heterocycles. The predicted octanol–water partition coefficient (Wildman–Crippen LogP) is 4.47. The number of hydrogen-bond donors (Lipinski definition) is 0. The Labute approximate surface area is 194 Å². The van der Waals surface area contributed by atoms with E-state index in [1.54, 1.807) is 23.7 Å². The molecule has 164 valence electrons. The maximum atomic E-state index is 12.9. The van der Waals surface area contributed by atoms with Gasteiger partial charge < -0.3 is 9.47 Å². The van der Waals surface area contributed by atoms with Gasteiger partial charge >= 0.3 is 0 Å². The SMILES string of the molecule is CCn1c(SCC(=O)N2CCC(c3nc4ccccc4s3)CC2)nnc1-c1ccncc1. The number of benzene rings is 1. The lowest BCUT2D eigenvalue weighted by Crippen LogP contribution is -2.39. The molecule has 0 unspecified atom stereocenters. The smallest absolute Gasteiger partial charge is 0.233 e. The minimum absolute atomic E-state index is 0.161. The van der Waals surface area contributed by atoms with Gasteiger partial charge in [-0.2, -0.15) is 0 Å². The maximum Gasteiger partial charge on any atom is 0.233 e. The summed E-state index contributed by atoms with van der Waals surface area (Å²) in [6, 6.07) is 12.1. The molecule has 0 bridgehead atoms. The summed E-state index contributed by atoms with van der Waals surface area (Å²) >= 11 is 3.25. The molecule has 4 aromatic rings. The Morgan fingerprint density at radius 1 is 1.12 bits per heavy atom. The molecule has 0 N–H and O–H groups in total. The number of hydrogen-bond acceptors (Lipinski definition) is 7. The van der Waals surface area contributed by atoms with Crippen molar-refractivity contribution in [3.05, 3.63) is 53.8 Å². The zero-order valence-corrected chi connectivity index (χ0v) is 19.5. The normalized spacial score (nSPS) is 14.8. The quantitative estimate of drug-likeness (QED) is 0.392. The molecule has 1 aromatic carbocycles. The number of fused-ring (bicyclic) bond motifs is 1. The summed E-state index contributed by atoms with van der Waals surface area (Å²) in [5, 5.41) is 10.6. The fourth-order valence-electron chi connectivity index (χ4n) is 4.05. The highest BCUT2D eigenvalue weighted by Crippen LogP contribution is 2.34. The van der Waals surface area contributed by atoms with E-state index in [1.165, 1.54) is 21.5 Å². The molecule has 0 aliphatic carbocycles. The minimum Gasteiger partial charge on any atom is -0.342 e. The van der Waals surface area contributed by atoms with E-state index in [1.807, 2.05) is 27.7 Å². The molecule has 0 atom stereocenters. The Kier molecular flexibility index (Phi) is 6.18. The second kappa shape index (κ2) is 9.38. The third-order valence-corrected chi connectivity index (χ3v) is 7.95. The number of amides is 1. The Bertz CT molecular complexity index is 1180. The van der Waals surface area contributed by atoms with Crippen molar-refractivity contribution in [3.63, 3.8) is 0 Å². The van der Waals surface area contributed by atoms with Gasteiger partial charge in [-0.25, -0.2) is 4.98 Å². The highest BCUT2D eigenvalue weighted by Gasteiger charge is 2.26. The molecule has 1 fully saturated rings. The molecule has 9 heteroatoms. The van der Waals surface area contributed by atoms with Crippen molar-refractivity contribution in [2.45, 2.75) is 37.4 Å². The van der Waals surface area contributed by atoms with Gasteiger partial charge in [-0.15, -0.1) is 21.5 Å². The number of rotatable bonds is 6. The number of carbonyl (C=O) groups is 1. The van der Waals surface area contributed by atoms with Crippen LogP contribution in [0.2, 0.25) is 0 Å². The third-order valence-electron chi connectivity index (χ3n) is 5.80. The average molecular weight is 465 g/mol. The fraction of sp³-hybridized carbons (Fsp3) is 0.348. The van der Waals surface area contributed by atoms with Gasteiger partial charge in [0.1, 0.15) is 0 Å². The van der Waals surface area contributed by atoms with Gasteiger partial charge in [-0.05, 0) is 44.0 Å². The molecule has 4 heterocycles. The Hall–Kier alpha value is -2.78. The van der Waals surface area contributed by atoms with Crippen LogP contribution in [0, 0.1) is 0 Å². The van der Waals surface area contributed by atoms with Crippen LogP contribution in [-0.4, -0.2) is 54.4 Å². The van der Waals surface area contributed by atoms with E-state index in [0.29, 0.717) is 11.7 Å². The van der Waals surface area contributed by atoms with Crippen LogP contribution < -0.4 is 0 Å². The molecule has 1 saturated heterocycles. The monoisotopic (exact) mass is 464 g/mol. The number of aromatic nitrogens is 5. The third kappa shape index (κ3) is 4.27. The lowest BCUT2D eigenvalue weighted by atomic mass is 9.97. The van der Waals surface area contributed by atoms with E-state index in [9.17, 15) is 4.79 Å². The first-order valence-corrected chi connectivity index (χ1v) is 12.6. The van der Waals surface area contributed by atoms with E-state index in [-0.39, 0.29) is 5.91 Å². The molecule has 1 amide bonds. The van der Waals surface area contributed by atoms with Crippen molar-refractivity contribution in [1.82, 2.24) is 29.6 Å². The summed E-state index contributed by atoms with van der Waals surface area (Å²) in [6.45, 7) is 4.37. The molecular weight excluding hydrogens is 440 g/mol.